The van der Waals surface area contributed by atoms with Gasteiger partial charge in [0.15, 0.2) is 5.65 Å². The lowest BCUT2D eigenvalue weighted by Gasteiger charge is -2.30. The van der Waals surface area contributed by atoms with Crippen molar-refractivity contribution in [1.82, 2.24) is 14.7 Å². The topological polar surface area (TPSA) is 32.6 Å². The quantitative estimate of drug-likeness (QED) is 0.870. The number of alkyl halides is 3. The van der Waals surface area contributed by atoms with E-state index in [9.17, 15) is 13.2 Å². The molecule has 0 amide bonds. The monoisotopic (exact) mass is 284 g/mol. The molecular formula is C13H15F3N4. The van der Waals surface area contributed by atoms with Crippen LogP contribution in [-0.2, 0) is 6.18 Å². The first-order valence-electron chi connectivity index (χ1n) is 6.47. The minimum atomic E-state index is -4.35. The van der Waals surface area contributed by atoms with Gasteiger partial charge in [-0.1, -0.05) is 0 Å². The predicted molar refractivity (Wildman–Crippen MR) is 70.0 cm³/mol. The van der Waals surface area contributed by atoms with E-state index < -0.39 is 11.7 Å². The Labute approximate surface area is 114 Å². The summed E-state index contributed by atoms with van der Waals surface area (Å²) in [5.41, 5.74) is 1.20. The van der Waals surface area contributed by atoms with E-state index in [2.05, 4.69) is 10.3 Å². The van der Waals surface area contributed by atoms with Crippen molar-refractivity contribution in [2.75, 3.05) is 31.1 Å². The van der Waals surface area contributed by atoms with E-state index in [0.29, 0.717) is 30.1 Å². The van der Waals surface area contributed by atoms with Gasteiger partial charge in [0.25, 0.3) is 0 Å². The van der Waals surface area contributed by atoms with Crippen LogP contribution in [0.3, 0.4) is 0 Å². The summed E-state index contributed by atoms with van der Waals surface area (Å²) >= 11 is 0. The average Bonchev–Trinajstić information content (AvgIpc) is 2.77. The molecule has 1 aliphatic rings. The molecule has 1 N–H and O–H groups in total. The van der Waals surface area contributed by atoms with Gasteiger partial charge in [-0.15, -0.1) is 0 Å². The maximum atomic E-state index is 13.0. The van der Waals surface area contributed by atoms with Crippen molar-refractivity contribution in [3.05, 3.63) is 29.7 Å². The molecule has 2 aromatic heterocycles. The Morgan fingerprint density at radius 1 is 1.20 bits per heavy atom. The summed E-state index contributed by atoms with van der Waals surface area (Å²) in [5, 5.41) is 3.19. The maximum Gasteiger partial charge on any atom is 0.417 e. The molecule has 0 unspecified atom stereocenters. The highest BCUT2D eigenvalue weighted by molar-refractivity contribution is 5.70. The molecule has 7 heteroatoms. The van der Waals surface area contributed by atoms with Gasteiger partial charge >= 0.3 is 6.18 Å². The number of piperazine rings is 1. The van der Waals surface area contributed by atoms with Gasteiger partial charge in [-0.2, -0.15) is 13.2 Å². The number of rotatable bonds is 1. The molecule has 0 bridgehead atoms. The Hall–Kier alpha value is -1.76. The lowest BCUT2D eigenvalue weighted by Crippen LogP contribution is -2.43. The molecule has 0 atom stereocenters. The van der Waals surface area contributed by atoms with Gasteiger partial charge in [0.2, 0.25) is 0 Å². The predicted octanol–water partition coefficient (Wildman–Crippen LogP) is 2.07. The fraction of sp³-hybridized carbons (Fsp3) is 0.462. The van der Waals surface area contributed by atoms with E-state index in [1.54, 1.807) is 13.1 Å². The van der Waals surface area contributed by atoms with Gasteiger partial charge in [-0.05, 0) is 13.0 Å². The molecule has 3 rings (SSSR count). The normalized spacial score (nSPS) is 16.9. The molecule has 1 fully saturated rings. The number of pyridine rings is 1. The Morgan fingerprint density at radius 3 is 2.55 bits per heavy atom. The maximum absolute atomic E-state index is 13.0. The average molecular weight is 284 g/mol. The second-order valence-corrected chi connectivity index (χ2v) is 4.96. The number of aromatic nitrogens is 2. The minimum absolute atomic E-state index is 0.550. The molecule has 4 nitrogen and oxygen atoms in total. The summed E-state index contributed by atoms with van der Waals surface area (Å²) in [4.78, 5) is 6.30. The largest absolute Gasteiger partial charge is 0.417 e. The third kappa shape index (κ3) is 2.33. The molecule has 20 heavy (non-hydrogen) atoms. The Kier molecular flexibility index (Phi) is 3.08. The summed E-state index contributed by atoms with van der Waals surface area (Å²) < 4.78 is 40.5. The van der Waals surface area contributed by atoms with Crippen LogP contribution >= 0.6 is 0 Å². The Morgan fingerprint density at radius 2 is 1.90 bits per heavy atom. The van der Waals surface area contributed by atoms with E-state index in [1.807, 2.05) is 4.90 Å². The molecule has 1 saturated heterocycles. The van der Waals surface area contributed by atoms with Crippen LogP contribution in [0.5, 0.6) is 0 Å². The van der Waals surface area contributed by atoms with Gasteiger partial charge in [0.1, 0.15) is 0 Å². The summed E-state index contributed by atoms with van der Waals surface area (Å²) in [7, 11) is 0. The fourth-order valence-corrected chi connectivity index (χ4v) is 2.50. The van der Waals surface area contributed by atoms with Crippen molar-refractivity contribution in [3.8, 4) is 0 Å². The number of nitrogens with zero attached hydrogens (tertiary/aromatic N) is 3. The molecule has 0 aromatic carbocycles. The molecule has 1 aliphatic heterocycles. The number of anilines is 1. The SMILES string of the molecule is Cc1cn2cc(C(F)(F)F)cc(N3CCNCC3)c2n1. The van der Waals surface area contributed by atoms with E-state index in [4.69, 9.17) is 0 Å². The summed E-state index contributed by atoms with van der Waals surface area (Å²) in [6, 6.07) is 1.20. The number of hydrogen-bond donors (Lipinski definition) is 1. The van der Waals surface area contributed by atoms with Crippen LogP contribution in [0, 0.1) is 6.92 Å². The van der Waals surface area contributed by atoms with Crippen molar-refractivity contribution < 1.29 is 13.2 Å². The minimum Gasteiger partial charge on any atom is -0.366 e. The smallest absolute Gasteiger partial charge is 0.366 e. The first-order valence-corrected chi connectivity index (χ1v) is 6.47. The Bertz CT molecular complexity index is 626. The molecular weight excluding hydrogens is 269 g/mol. The lowest BCUT2D eigenvalue weighted by molar-refractivity contribution is -0.137. The lowest BCUT2D eigenvalue weighted by atomic mass is 10.2. The van der Waals surface area contributed by atoms with E-state index in [1.165, 1.54) is 10.5 Å². The van der Waals surface area contributed by atoms with Crippen molar-refractivity contribution in [2.24, 2.45) is 0 Å². The highest BCUT2D eigenvalue weighted by Gasteiger charge is 2.32. The zero-order valence-corrected chi connectivity index (χ0v) is 11.0. The third-order valence-corrected chi connectivity index (χ3v) is 3.44. The molecule has 108 valence electrons. The molecule has 0 aliphatic carbocycles. The fourth-order valence-electron chi connectivity index (χ4n) is 2.50. The van der Waals surface area contributed by atoms with Gasteiger partial charge in [-0.3, -0.25) is 0 Å². The highest BCUT2D eigenvalue weighted by Crippen LogP contribution is 2.33. The van der Waals surface area contributed by atoms with Crippen LogP contribution in [-0.4, -0.2) is 35.6 Å². The molecule has 0 saturated carbocycles. The summed E-state index contributed by atoms with van der Waals surface area (Å²) in [5.74, 6) is 0. The van der Waals surface area contributed by atoms with Crippen LogP contribution < -0.4 is 10.2 Å². The third-order valence-electron chi connectivity index (χ3n) is 3.44. The first-order chi connectivity index (χ1) is 9.45. The second kappa shape index (κ2) is 4.66. The van der Waals surface area contributed by atoms with Crippen LogP contribution in [0.4, 0.5) is 18.9 Å². The number of halogens is 3. The zero-order valence-electron chi connectivity index (χ0n) is 11.0. The molecule has 0 spiro atoms. The van der Waals surface area contributed by atoms with Crippen LogP contribution in [0.1, 0.15) is 11.3 Å². The van der Waals surface area contributed by atoms with Crippen molar-refractivity contribution in [3.63, 3.8) is 0 Å². The van der Waals surface area contributed by atoms with Crippen LogP contribution in [0.25, 0.3) is 5.65 Å². The van der Waals surface area contributed by atoms with Gasteiger partial charge in [0, 0.05) is 38.6 Å². The van der Waals surface area contributed by atoms with Crippen molar-refractivity contribution in [1.29, 1.82) is 0 Å². The van der Waals surface area contributed by atoms with Crippen molar-refractivity contribution >= 4 is 11.3 Å². The number of fused-ring (bicyclic) bond motifs is 1. The second-order valence-electron chi connectivity index (χ2n) is 4.96. The van der Waals surface area contributed by atoms with Crippen LogP contribution in [0.15, 0.2) is 18.5 Å². The highest BCUT2D eigenvalue weighted by atomic mass is 19.4. The Balaban J connectivity index is 2.16. The number of nitrogens with one attached hydrogen (secondary N) is 1. The van der Waals surface area contributed by atoms with Gasteiger partial charge < -0.3 is 14.6 Å². The summed E-state index contributed by atoms with van der Waals surface area (Å²) in [6.07, 6.45) is -1.63. The van der Waals surface area contributed by atoms with E-state index >= 15 is 0 Å². The molecule has 3 heterocycles. The zero-order chi connectivity index (χ0) is 14.3. The van der Waals surface area contributed by atoms with Crippen LogP contribution in [0.2, 0.25) is 0 Å². The van der Waals surface area contributed by atoms with E-state index in [0.717, 1.165) is 19.3 Å². The van der Waals surface area contributed by atoms with Gasteiger partial charge in [0.05, 0.1) is 16.9 Å². The van der Waals surface area contributed by atoms with Gasteiger partial charge in [-0.25, -0.2) is 4.98 Å². The number of imidazole rings is 1. The number of aryl methyl sites for hydroxylation is 1. The van der Waals surface area contributed by atoms with Crippen molar-refractivity contribution in [2.45, 2.75) is 13.1 Å². The molecule has 0 radical (unpaired) electrons. The number of hydrogen-bond acceptors (Lipinski definition) is 3. The summed E-state index contributed by atoms with van der Waals surface area (Å²) in [6.45, 7) is 4.68. The standard InChI is InChI=1S/C13H15F3N4/c1-9-7-20-8-10(13(14,15)16)6-11(12(20)18-9)19-4-2-17-3-5-19/h6-8,17H,2-5H2,1H3. The van der Waals surface area contributed by atoms with E-state index in [-0.39, 0.29) is 0 Å². The molecule has 2 aromatic rings. The first kappa shape index (κ1) is 13.2.